The number of nitrogens with zero attached hydrogens (tertiary/aromatic N) is 1. The summed E-state index contributed by atoms with van der Waals surface area (Å²) in [5.41, 5.74) is -1.12. The Hall–Kier alpha value is -2.13. The molecule has 2 unspecified atom stereocenters. The summed E-state index contributed by atoms with van der Waals surface area (Å²) in [5, 5.41) is 11.6. The normalized spacial score (nSPS) is 14.5. The van der Waals surface area contributed by atoms with E-state index in [-0.39, 0.29) is 16.5 Å². The first kappa shape index (κ1) is 18.9. The first-order chi connectivity index (χ1) is 10.6. The molecule has 7 heteroatoms. The van der Waals surface area contributed by atoms with Gasteiger partial charge in [-0.05, 0) is 38.0 Å². The predicted octanol–water partition coefficient (Wildman–Crippen LogP) is 3.08. The summed E-state index contributed by atoms with van der Waals surface area (Å²) < 4.78 is 18.0. The molecular weight excluding hydrogens is 323 g/mol. The van der Waals surface area contributed by atoms with E-state index in [0.29, 0.717) is 0 Å². The van der Waals surface area contributed by atoms with Crippen LogP contribution in [-0.4, -0.2) is 23.5 Å². The molecule has 1 aromatic carbocycles. The molecule has 23 heavy (non-hydrogen) atoms. The molecule has 1 amide bonds. The lowest BCUT2D eigenvalue weighted by atomic mass is 9.90. The summed E-state index contributed by atoms with van der Waals surface area (Å²) >= 11 is 5.77. The highest BCUT2D eigenvalue weighted by molar-refractivity contribution is 6.33. The van der Waals surface area contributed by atoms with Gasteiger partial charge in [-0.3, -0.25) is 4.79 Å². The fraction of sp³-hybridized carbons (Fsp3) is 0.438. The molecular formula is C16H18ClFN2O3. The average Bonchev–Trinajstić information content (AvgIpc) is 2.46. The van der Waals surface area contributed by atoms with Crippen molar-refractivity contribution < 1.29 is 18.7 Å². The lowest BCUT2D eigenvalue weighted by Gasteiger charge is -2.28. The van der Waals surface area contributed by atoms with Crippen LogP contribution < -0.4 is 5.32 Å². The van der Waals surface area contributed by atoms with Crippen LogP contribution >= 0.6 is 11.6 Å². The largest absolute Gasteiger partial charge is 0.449 e. The highest BCUT2D eigenvalue weighted by Crippen LogP contribution is 2.19. The number of carbonyl (C=O) groups excluding carboxylic acids is 2. The summed E-state index contributed by atoms with van der Waals surface area (Å²) in [5.74, 6) is -2.17. The van der Waals surface area contributed by atoms with Gasteiger partial charge in [0.25, 0.3) is 5.91 Å². The molecule has 1 rings (SSSR count). The van der Waals surface area contributed by atoms with Gasteiger partial charge in [-0.2, -0.15) is 5.26 Å². The van der Waals surface area contributed by atoms with Gasteiger partial charge in [0.05, 0.1) is 16.7 Å². The van der Waals surface area contributed by atoms with Crippen molar-refractivity contribution in [1.82, 2.24) is 5.32 Å². The van der Waals surface area contributed by atoms with E-state index in [9.17, 15) is 19.2 Å². The maximum Gasteiger partial charge on any atom is 0.340 e. The second-order valence-corrected chi connectivity index (χ2v) is 6.04. The van der Waals surface area contributed by atoms with Gasteiger partial charge in [-0.15, -0.1) is 0 Å². The van der Waals surface area contributed by atoms with Crippen molar-refractivity contribution in [3.05, 3.63) is 34.6 Å². The molecule has 0 aliphatic rings. The number of benzene rings is 1. The van der Waals surface area contributed by atoms with Crippen molar-refractivity contribution in [3.8, 4) is 6.07 Å². The lowest BCUT2D eigenvalue weighted by molar-refractivity contribution is -0.130. The topological polar surface area (TPSA) is 79.2 Å². The number of hydrogen-bond acceptors (Lipinski definition) is 4. The van der Waals surface area contributed by atoms with Gasteiger partial charge in [0.1, 0.15) is 11.4 Å². The molecule has 0 aliphatic carbocycles. The number of nitrogens with one attached hydrogen (secondary N) is 1. The van der Waals surface area contributed by atoms with Gasteiger partial charge < -0.3 is 10.1 Å². The quantitative estimate of drug-likeness (QED) is 0.835. The van der Waals surface area contributed by atoms with E-state index in [4.69, 9.17) is 16.3 Å². The third kappa shape index (κ3) is 4.67. The van der Waals surface area contributed by atoms with Crippen LogP contribution in [0.3, 0.4) is 0 Å². The monoisotopic (exact) mass is 340 g/mol. The average molecular weight is 341 g/mol. The minimum atomic E-state index is -1.13. The van der Waals surface area contributed by atoms with Crippen molar-refractivity contribution in [2.24, 2.45) is 5.92 Å². The zero-order valence-electron chi connectivity index (χ0n) is 13.3. The second kappa shape index (κ2) is 7.42. The molecule has 0 saturated carbocycles. The molecule has 2 atom stereocenters. The Kier molecular flexibility index (Phi) is 6.11. The number of halogens is 2. The fourth-order valence-corrected chi connectivity index (χ4v) is 1.84. The highest BCUT2D eigenvalue weighted by atomic mass is 35.5. The van der Waals surface area contributed by atoms with Crippen LogP contribution in [0, 0.1) is 23.1 Å². The zero-order chi connectivity index (χ0) is 17.8. The first-order valence-corrected chi connectivity index (χ1v) is 7.38. The summed E-state index contributed by atoms with van der Waals surface area (Å²) in [7, 11) is 0. The number of ether oxygens (including phenoxy) is 1. The molecule has 0 aromatic heterocycles. The van der Waals surface area contributed by atoms with E-state index in [1.54, 1.807) is 20.8 Å². The Morgan fingerprint density at radius 1 is 1.39 bits per heavy atom. The van der Waals surface area contributed by atoms with Crippen molar-refractivity contribution in [2.45, 2.75) is 39.3 Å². The van der Waals surface area contributed by atoms with Crippen molar-refractivity contribution in [1.29, 1.82) is 5.26 Å². The third-order valence-electron chi connectivity index (χ3n) is 3.57. The molecule has 0 radical (unpaired) electrons. The Bertz CT molecular complexity index is 657. The Labute approximate surface area is 139 Å². The summed E-state index contributed by atoms with van der Waals surface area (Å²) in [6, 6.07) is 5.26. The number of hydrogen-bond donors (Lipinski definition) is 1. The van der Waals surface area contributed by atoms with Gasteiger partial charge >= 0.3 is 5.97 Å². The molecule has 0 fully saturated rings. The van der Waals surface area contributed by atoms with E-state index in [2.05, 4.69) is 5.32 Å². The van der Waals surface area contributed by atoms with Crippen LogP contribution in [-0.2, 0) is 9.53 Å². The molecule has 0 heterocycles. The standard InChI is InChI=1S/C16H18ClFN2O3/c1-9(2)16(4,8-19)20-14(21)10(3)23-15(22)12-6-5-11(18)7-13(12)17/h5-7,9-10H,1-4H3,(H,20,21). The van der Waals surface area contributed by atoms with Gasteiger partial charge in [0.2, 0.25) is 0 Å². The van der Waals surface area contributed by atoms with Gasteiger partial charge in [-0.25, -0.2) is 9.18 Å². The maximum absolute atomic E-state index is 13.0. The van der Waals surface area contributed by atoms with Crippen LogP contribution in [0.1, 0.15) is 38.1 Å². The molecule has 0 aliphatic heterocycles. The molecule has 124 valence electrons. The minimum Gasteiger partial charge on any atom is -0.449 e. The SMILES string of the molecule is CC(OC(=O)c1ccc(F)cc1Cl)C(=O)NC(C)(C#N)C(C)C. The second-order valence-electron chi connectivity index (χ2n) is 5.63. The molecule has 1 N–H and O–H groups in total. The van der Waals surface area contributed by atoms with Crippen LogP contribution in [0.25, 0.3) is 0 Å². The Morgan fingerprint density at radius 3 is 2.48 bits per heavy atom. The molecule has 1 aromatic rings. The number of nitriles is 1. The van der Waals surface area contributed by atoms with Gasteiger partial charge in [0.15, 0.2) is 6.10 Å². The summed E-state index contributed by atoms with van der Waals surface area (Å²) in [6.45, 7) is 6.54. The zero-order valence-corrected chi connectivity index (χ0v) is 14.1. The summed E-state index contributed by atoms with van der Waals surface area (Å²) in [6.07, 6.45) is -1.13. The Morgan fingerprint density at radius 2 is 2.00 bits per heavy atom. The molecule has 0 spiro atoms. The third-order valence-corrected chi connectivity index (χ3v) is 3.89. The number of esters is 1. The van der Waals surface area contributed by atoms with Crippen LogP contribution in [0.2, 0.25) is 5.02 Å². The first-order valence-electron chi connectivity index (χ1n) is 7.00. The number of rotatable bonds is 5. The van der Waals surface area contributed by atoms with E-state index >= 15 is 0 Å². The van der Waals surface area contributed by atoms with Crippen LogP contribution in [0.15, 0.2) is 18.2 Å². The van der Waals surface area contributed by atoms with E-state index in [1.807, 2.05) is 6.07 Å². The smallest absolute Gasteiger partial charge is 0.340 e. The van der Waals surface area contributed by atoms with Crippen molar-refractivity contribution in [2.75, 3.05) is 0 Å². The summed E-state index contributed by atoms with van der Waals surface area (Å²) in [4.78, 5) is 24.1. The van der Waals surface area contributed by atoms with Gasteiger partial charge in [-0.1, -0.05) is 25.4 Å². The van der Waals surface area contributed by atoms with E-state index < -0.39 is 29.3 Å². The molecule has 0 bridgehead atoms. The Balaban J connectivity index is 2.79. The number of carbonyl (C=O) groups is 2. The van der Waals surface area contributed by atoms with Crippen molar-refractivity contribution in [3.63, 3.8) is 0 Å². The lowest BCUT2D eigenvalue weighted by Crippen LogP contribution is -2.52. The van der Waals surface area contributed by atoms with Crippen LogP contribution in [0.5, 0.6) is 0 Å². The molecule has 0 saturated heterocycles. The molecule has 5 nitrogen and oxygen atoms in total. The fourth-order valence-electron chi connectivity index (χ4n) is 1.59. The highest BCUT2D eigenvalue weighted by Gasteiger charge is 2.32. The van der Waals surface area contributed by atoms with Crippen molar-refractivity contribution >= 4 is 23.5 Å². The van der Waals surface area contributed by atoms with Gasteiger partial charge in [0, 0.05) is 0 Å². The van der Waals surface area contributed by atoms with E-state index in [0.717, 1.165) is 12.1 Å². The number of amides is 1. The minimum absolute atomic E-state index is 0.0420. The predicted molar refractivity (Wildman–Crippen MR) is 83.3 cm³/mol. The maximum atomic E-state index is 13.0. The van der Waals surface area contributed by atoms with Crippen LogP contribution in [0.4, 0.5) is 4.39 Å². The van der Waals surface area contributed by atoms with E-state index in [1.165, 1.54) is 13.0 Å².